The molecule has 1 amide bonds. The highest BCUT2D eigenvalue weighted by Gasteiger charge is 2.27. The van der Waals surface area contributed by atoms with Crippen LogP contribution in [0.25, 0.3) is 0 Å². The lowest BCUT2D eigenvalue weighted by atomic mass is 10.2. The lowest BCUT2D eigenvalue weighted by Crippen LogP contribution is -2.37. The number of nitrogens with zero attached hydrogens (tertiary/aromatic N) is 1. The van der Waals surface area contributed by atoms with Gasteiger partial charge in [0.2, 0.25) is 15.9 Å². The second-order valence-electron chi connectivity index (χ2n) is 6.62. The van der Waals surface area contributed by atoms with Crippen LogP contribution in [0.3, 0.4) is 0 Å². The minimum Gasteiger partial charge on any atom is -0.322 e. The number of hydrogen-bond acceptors (Lipinski definition) is 3. The maximum absolute atomic E-state index is 13.9. The lowest BCUT2D eigenvalue weighted by molar-refractivity contribution is -0.116. The van der Waals surface area contributed by atoms with Crippen LogP contribution in [0.4, 0.5) is 18.9 Å². The molecule has 32 heavy (non-hydrogen) atoms. The predicted octanol–water partition coefficient (Wildman–Crippen LogP) is 5.24. The Labute approximate surface area is 192 Å². The Balaban J connectivity index is 1.89. The molecule has 0 aliphatic carbocycles. The minimum atomic E-state index is -4.19. The highest BCUT2D eigenvalue weighted by atomic mass is 35.5. The molecule has 3 aromatic carbocycles. The smallest absolute Gasteiger partial charge is 0.243 e. The van der Waals surface area contributed by atoms with Crippen LogP contribution >= 0.6 is 23.2 Å². The number of halogens is 5. The first-order valence-electron chi connectivity index (χ1n) is 9.01. The van der Waals surface area contributed by atoms with Crippen molar-refractivity contribution >= 4 is 44.8 Å². The van der Waals surface area contributed by atoms with Gasteiger partial charge in [-0.25, -0.2) is 21.6 Å². The van der Waals surface area contributed by atoms with Gasteiger partial charge in [0.25, 0.3) is 0 Å². The molecule has 5 nitrogen and oxygen atoms in total. The Morgan fingerprint density at radius 1 is 0.844 bits per heavy atom. The second-order valence-corrected chi connectivity index (χ2v) is 9.44. The van der Waals surface area contributed by atoms with Gasteiger partial charge in [-0.1, -0.05) is 35.3 Å². The van der Waals surface area contributed by atoms with Crippen LogP contribution < -0.4 is 5.32 Å². The fraction of sp³-hybridized carbons (Fsp3) is 0.0952. The molecular formula is C21H15Cl2F3N2O3S. The Hall–Kier alpha value is -2.59. The van der Waals surface area contributed by atoms with Gasteiger partial charge in [0.15, 0.2) is 17.5 Å². The summed E-state index contributed by atoms with van der Waals surface area (Å²) in [6, 6.07) is 13.1. The summed E-state index contributed by atoms with van der Waals surface area (Å²) in [6.07, 6.45) is 0. The molecule has 3 aromatic rings. The Morgan fingerprint density at radius 3 is 2.00 bits per heavy atom. The zero-order valence-corrected chi connectivity index (χ0v) is 18.5. The number of hydrogen-bond donors (Lipinski definition) is 1. The van der Waals surface area contributed by atoms with Gasteiger partial charge >= 0.3 is 0 Å². The molecule has 0 fully saturated rings. The molecule has 0 radical (unpaired) electrons. The van der Waals surface area contributed by atoms with E-state index >= 15 is 0 Å². The van der Waals surface area contributed by atoms with Gasteiger partial charge in [-0.3, -0.25) is 4.79 Å². The quantitative estimate of drug-likeness (QED) is 0.449. The molecule has 0 saturated carbocycles. The standard InChI is InChI=1S/C21H15Cl2F3N2O3S/c22-14-3-1-13(2-4-14)11-28(32(30,31)16-7-5-15(23)6-8-16)12-19(29)27-18-10-9-17(24)20(25)21(18)26/h1-10H,11-12H2,(H,27,29). The summed E-state index contributed by atoms with van der Waals surface area (Å²) in [5, 5.41) is 2.82. The summed E-state index contributed by atoms with van der Waals surface area (Å²) in [7, 11) is -4.19. The molecule has 0 aliphatic heterocycles. The Morgan fingerprint density at radius 2 is 1.41 bits per heavy atom. The number of amides is 1. The van der Waals surface area contributed by atoms with Gasteiger partial charge in [0.1, 0.15) is 0 Å². The molecule has 0 unspecified atom stereocenters. The summed E-state index contributed by atoms with van der Waals surface area (Å²) in [5.41, 5.74) is -0.0945. The molecule has 0 bridgehead atoms. The summed E-state index contributed by atoms with van der Waals surface area (Å²) in [4.78, 5) is 12.4. The summed E-state index contributed by atoms with van der Waals surface area (Å²) < 4.78 is 67.6. The molecule has 1 N–H and O–H groups in total. The molecule has 0 heterocycles. The third kappa shape index (κ3) is 5.60. The van der Waals surface area contributed by atoms with Crippen LogP contribution in [0.1, 0.15) is 5.56 Å². The van der Waals surface area contributed by atoms with Crippen LogP contribution in [0.2, 0.25) is 10.0 Å². The molecule has 0 spiro atoms. The van der Waals surface area contributed by atoms with E-state index < -0.39 is 45.6 Å². The maximum atomic E-state index is 13.9. The average Bonchev–Trinajstić information content (AvgIpc) is 2.75. The van der Waals surface area contributed by atoms with Gasteiger partial charge in [0, 0.05) is 16.6 Å². The maximum Gasteiger partial charge on any atom is 0.243 e. The molecule has 0 aliphatic rings. The first kappa shape index (κ1) is 24.1. The fourth-order valence-corrected chi connectivity index (χ4v) is 4.38. The number of nitrogens with one attached hydrogen (secondary N) is 1. The Kier molecular flexibility index (Phi) is 7.45. The van der Waals surface area contributed by atoms with E-state index in [1.807, 2.05) is 0 Å². The van der Waals surface area contributed by atoms with Gasteiger partial charge < -0.3 is 5.32 Å². The first-order valence-corrected chi connectivity index (χ1v) is 11.2. The molecule has 168 valence electrons. The van der Waals surface area contributed by atoms with Crippen molar-refractivity contribution in [1.82, 2.24) is 4.31 Å². The third-order valence-electron chi connectivity index (χ3n) is 4.35. The monoisotopic (exact) mass is 502 g/mol. The van der Waals surface area contributed by atoms with Crippen molar-refractivity contribution in [3.8, 4) is 0 Å². The molecule has 11 heteroatoms. The van der Waals surface area contributed by atoms with Crippen LogP contribution in [0.15, 0.2) is 65.6 Å². The number of carbonyl (C=O) groups is 1. The van der Waals surface area contributed by atoms with Crippen LogP contribution in [0, 0.1) is 17.5 Å². The van der Waals surface area contributed by atoms with Crippen LogP contribution in [-0.4, -0.2) is 25.2 Å². The molecule has 3 rings (SSSR count). The number of anilines is 1. The van der Waals surface area contributed by atoms with Crippen molar-refractivity contribution in [3.05, 3.63) is 93.7 Å². The minimum absolute atomic E-state index is 0.123. The van der Waals surface area contributed by atoms with Gasteiger partial charge in [-0.15, -0.1) is 0 Å². The topological polar surface area (TPSA) is 66.5 Å². The Bertz CT molecular complexity index is 1240. The third-order valence-corrected chi connectivity index (χ3v) is 6.66. The zero-order valence-electron chi connectivity index (χ0n) is 16.2. The normalized spacial score (nSPS) is 11.6. The summed E-state index contributed by atoms with van der Waals surface area (Å²) >= 11 is 11.7. The van der Waals surface area contributed by atoms with Gasteiger partial charge in [0.05, 0.1) is 17.1 Å². The van der Waals surface area contributed by atoms with E-state index in [2.05, 4.69) is 5.32 Å². The van der Waals surface area contributed by atoms with E-state index in [4.69, 9.17) is 23.2 Å². The van der Waals surface area contributed by atoms with E-state index in [0.717, 1.165) is 10.4 Å². The highest BCUT2D eigenvalue weighted by molar-refractivity contribution is 7.89. The second kappa shape index (κ2) is 9.91. The fourth-order valence-electron chi connectivity index (χ4n) is 2.75. The molecule has 0 atom stereocenters. The van der Waals surface area contributed by atoms with E-state index in [1.165, 1.54) is 24.3 Å². The van der Waals surface area contributed by atoms with Crippen molar-refractivity contribution in [1.29, 1.82) is 0 Å². The average molecular weight is 503 g/mol. The predicted molar refractivity (Wildman–Crippen MR) is 115 cm³/mol. The van der Waals surface area contributed by atoms with E-state index in [-0.39, 0.29) is 11.4 Å². The largest absolute Gasteiger partial charge is 0.322 e. The van der Waals surface area contributed by atoms with E-state index in [1.54, 1.807) is 24.3 Å². The zero-order chi connectivity index (χ0) is 23.5. The number of sulfonamides is 1. The number of carbonyl (C=O) groups excluding carboxylic acids is 1. The first-order chi connectivity index (χ1) is 15.1. The van der Waals surface area contributed by atoms with Crippen molar-refractivity contribution < 1.29 is 26.4 Å². The summed E-state index contributed by atoms with van der Waals surface area (Å²) in [5.74, 6) is -5.73. The molecular weight excluding hydrogens is 488 g/mol. The van der Waals surface area contributed by atoms with E-state index in [0.29, 0.717) is 21.7 Å². The lowest BCUT2D eigenvalue weighted by Gasteiger charge is -2.22. The van der Waals surface area contributed by atoms with Crippen LogP contribution in [0.5, 0.6) is 0 Å². The van der Waals surface area contributed by atoms with Crippen molar-refractivity contribution in [3.63, 3.8) is 0 Å². The summed E-state index contributed by atoms with van der Waals surface area (Å²) in [6.45, 7) is -0.943. The van der Waals surface area contributed by atoms with Crippen LogP contribution in [-0.2, 0) is 21.4 Å². The SMILES string of the molecule is O=C(CN(Cc1ccc(Cl)cc1)S(=O)(=O)c1ccc(Cl)cc1)Nc1ccc(F)c(F)c1F. The van der Waals surface area contributed by atoms with Gasteiger partial charge in [-0.2, -0.15) is 4.31 Å². The number of rotatable bonds is 7. The molecule has 0 aromatic heterocycles. The van der Waals surface area contributed by atoms with Gasteiger partial charge in [-0.05, 0) is 54.1 Å². The number of benzene rings is 3. The van der Waals surface area contributed by atoms with E-state index in [9.17, 15) is 26.4 Å². The van der Waals surface area contributed by atoms with Crippen molar-refractivity contribution in [2.24, 2.45) is 0 Å². The highest BCUT2D eigenvalue weighted by Crippen LogP contribution is 2.23. The van der Waals surface area contributed by atoms with Crippen molar-refractivity contribution in [2.75, 3.05) is 11.9 Å². The molecule has 0 saturated heterocycles. The van der Waals surface area contributed by atoms with Crippen molar-refractivity contribution in [2.45, 2.75) is 11.4 Å².